The lowest BCUT2D eigenvalue weighted by Crippen LogP contribution is -2.61. The molecule has 68 heavy (non-hydrogen) atoms. The molecule has 390 valence electrons. The number of hydrogen-bond acceptors (Lipinski definition) is 13. The number of rotatable bonds is 22. The first-order valence-electron chi connectivity index (χ1n) is 26.0. The van der Waals surface area contributed by atoms with Gasteiger partial charge >= 0.3 is 0 Å². The van der Waals surface area contributed by atoms with Crippen LogP contribution in [0.3, 0.4) is 0 Å². The van der Waals surface area contributed by atoms with Crippen LogP contribution in [0.1, 0.15) is 132 Å². The zero-order valence-electron chi connectivity index (χ0n) is 43.6. The summed E-state index contributed by atoms with van der Waals surface area (Å²) in [6.07, 6.45) is 3.03. The lowest BCUT2D eigenvalue weighted by Gasteiger charge is -2.47. The number of hydrogen-bond donors (Lipinski definition) is 2. The van der Waals surface area contributed by atoms with Gasteiger partial charge in [0.15, 0.2) is 22.4 Å². The van der Waals surface area contributed by atoms with Gasteiger partial charge in [-0.1, -0.05) is 77.6 Å². The molecule has 6 bridgehead atoms. The molecular weight excluding hydrogens is 969 g/mol. The first-order valence-corrected chi connectivity index (χ1v) is 32.6. The van der Waals surface area contributed by atoms with Gasteiger partial charge in [0.05, 0.1) is 67.6 Å². The largest absolute Gasteiger partial charge is 0.414 e. The van der Waals surface area contributed by atoms with Gasteiger partial charge in [0.1, 0.15) is 36.3 Å². The summed E-state index contributed by atoms with van der Waals surface area (Å²) in [7, 11) is -2.63. The monoisotopic (exact) mass is 1060 g/mol. The highest BCUT2D eigenvalue weighted by Gasteiger charge is 2.68. The second-order valence-corrected chi connectivity index (χ2v) is 35.4. The normalized spacial score (nSPS) is 39.2. The SMILES string of the molecule is C=C(Br)C[C@H](O)CC[C@@]12C[C@H]3O[C@H]4C(O1)[C@H]1O[C@@H](CC(=O)CC5C(C[C@H]6OC(CCCO)CC(C)C6=C)OC(CC(CO[Si](C)(C)C(C)(C)C)O[Si](C)(C)C(C)(C)C)[C@@H]5OC)CCC1O[C@H]4C3O2. The summed E-state index contributed by atoms with van der Waals surface area (Å²) < 4.78 is 69.0. The van der Waals surface area contributed by atoms with Crippen LogP contribution in [0.15, 0.2) is 23.2 Å². The lowest BCUT2D eigenvalue weighted by atomic mass is 9.81. The molecule has 8 aliphatic heterocycles. The van der Waals surface area contributed by atoms with E-state index < -0.39 is 40.7 Å². The van der Waals surface area contributed by atoms with Crippen molar-refractivity contribution in [3.63, 3.8) is 0 Å². The quantitative estimate of drug-likeness (QED) is 0.0784. The molecule has 0 aromatic carbocycles. The number of halogens is 1. The van der Waals surface area contributed by atoms with Gasteiger partial charge in [0.2, 0.25) is 0 Å². The van der Waals surface area contributed by atoms with E-state index in [1.807, 2.05) is 0 Å². The Labute approximate surface area is 419 Å². The second kappa shape index (κ2) is 21.8. The van der Waals surface area contributed by atoms with Gasteiger partial charge in [-0.3, -0.25) is 4.79 Å². The number of Topliss-reactive ketones (excluding diaryl/α,β-unsaturated/α-hetero) is 1. The molecular formula is C52H89BrO13Si2. The number of fused-ring (bicyclic) bond motifs is 1. The van der Waals surface area contributed by atoms with E-state index >= 15 is 0 Å². The van der Waals surface area contributed by atoms with Gasteiger partial charge in [0.25, 0.3) is 0 Å². The first-order chi connectivity index (χ1) is 31.7. The topological polar surface area (TPSA) is 150 Å². The molecule has 2 N–H and O–H groups in total. The molecule has 8 heterocycles. The molecule has 16 heteroatoms. The standard InChI is InChI=1S/C52H89BrO13Si2/c1-30-22-35(16-15-21-54)59-40(32(30)3)27-41-38(44(57-10)42(61-41)26-37(66-68(13,14)51(7,8)9)29-58-67(11,12)50(4,5)6)25-34(56)24-36-17-18-39-45(60-36)49-48-47(62-39)46-43(63-48)28-52(64-46,65-49)20-19-33(55)23-31(2)53/h30,33,35-49,54-55H,2-3,15-29H2,1,4-14H3/t30?,33-,35?,36-,37?,38?,39?,40-,41?,42?,43-,44-,45+,46?,47+,48-,49?,52+/m1/s1. The average molecular weight is 1060 g/mol. The molecule has 0 spiro atoms. The van der Waals surface area contributed by atoms with Crippen molar-refractivity contribution in [2.45, 2.75) is 266 Å². The fraction of sp³-hybridized carbons (Fsp3) is 0.904. The van der Waals surface area contributed by atoms with Gasteiger partial charge in [-0.2, -0.15) is 0 Å². The Morgan fingerprint density at radius 2 is 1.56 bits per heavy atom. The zero-order chi connectivity index (χ0) is 49.7. The maximum absolute atomic E-state index is 14.6. The smallest absolute Gasteiger partial charge is 0.192 e. The molecule has 8 fully saturated rings. The minimum Gasteiger partial charge on any atom is -0.414 e. The van der Waals surface area contributed by atoms with E-state index in [2.05, 4.69) is 104 Å². The summed E-state index contributed by atoms with van der Waals surface area (Å²) >= 11 is 3.38. The molecule has 0 radical (unpaired) electrons. The molecule has 0 amide bonds. The third-order valence-electron chi connectivity index (χ3n) is 17.5. The van der Waals surface area contributed by atoms with E-state index in [0.717, 1.165) is 29.3 Å². The van der Waals surface area contributed by atoms with Gasteiger partial charge < -0.3 is 57.0 Å². The van der Waals surface area contributed by atoms with Crippen LogP contribution in [0.5, 0.6) is 0 Å². The minimum absolute atomic E-state index is 0.0113. The van der Waals surface area contributed by atoms with Crippen molar-refractivity contribution in [1.82, 2.24) is 0 Å². The van der Waals surface area contributed by atoms with Crippen LogP contribution >= 0.6 is 15.9 Å². The van der Waals surface area contributed by atoms with Crippen molar-refractivity contribution in [1.29, 1.82) is 0 Å². The maximum atomic E-state index is 14.6. The van der Waals surface area contributed by atoms with Crippen LogP contribution in [-0.2, 0) is 51.5 Å². The molecule has 9 unspecified atom stereocenters. The molecule has 0 saturated carbocycles. The number of aliphatic hydroxyl groups is 2. The van der Waals surface area contributed by atoms with Crippen LogP contribution in [0.2, 0.25) is 36.3 Å². The maximum Gasteiger partial charge on any atom is 0.192 e. The second-order valence-electron chi connectivity index (χ2n) is 24.7. The third kappa shape index (κ3) is 12.4. The van der Waals surface area contributed by atoms with Crippen molar-refractivity contribution in [3.05, 3.63) is 23.2 Å². The Hall–Kier alpha value is -0.416. The van der Waals surface area contributed by atoms with Crippen LogP contribution in [-0.4, -0.2) is 150 Å². The van der Waals surface area contributed by atoms with Crippen molar-refractivity contribution in [2.24, 2.45) is 11.8 Å². The summed E-state index contributed by atoms with van der Waals surface area (Å²) in [4.78, 5) is 14.6. The number of carbonyl (C=O) groups excluding carboxylic acids is 1. The number of ketones is 1. The van der Waals surface area contributed by atoms with Gasteiger partial charge in [-0.05, 0) is 90.8 Å². The number of aliphatic hydroxyl groups excluding tert-OH is 2. The minimum atomic E-state index is -2.24. The van der Waals surface area contributed by atoms with Crippen molar-refractivity contribution >= 4 is 38.3 Å². The number of ether oxygens (including phenoxy) is 8. The highest BCUT2D eigenvalue weighted by molar-refractivity contribution is 9.11. The van der Waals surface area contributed by atoms with Gasteiger partial charge in [-0.15, -0.1) is 0 Å². The Balaban J connectivity index is 1.08. The average Bonchev–Trinajstić information content (AvgIpc) is 3.80. The summed E-state index contributed by atoms with van der Waals surface area (Å²) in [6.45, 7) is 33.9. The highest BCUT2D eigenvalue weighted by Crippen LogP contribution is 2.54. The predicted molar refractivity (Wildman–Crippen MR) is 270 cm³/mol. The predicted octanol–water partition coefficient (Wildman–Crippen LogP) is 9.46. The van der Waals surface area contributed by atoms with E-state index in [0.29, 0.717) is 58.0 Å². The third-order valence-corrected chi connectivity index (χ3v) is 26.9. The van der Waals surface area contributed by atoms with Gasteiger partial charge in [0, 0.05) is 64.6 Å². The molecule has 18 atom stereocenters. The van der Waals surface area contributed by atoms with E-state index in [-0.39, 0.29) is 120 Å². The molecule has 8 aliphatic rings. The number of methoxy groups -OCH3 is 1. The van der Waals surface area contributed by atoms with Crippen LogP contribution < -0.4 is 0 Å². The van der Waals surface area contributed by atoms with E-state index in [1.54, 1.807) is 7.11 Å². The molecule has 0 aromatic rings. The van der Waals surface area contributed by atoms with Gasteiger partial charge in [-0.25, -0.2) is 0 Å². The summed E-state index contributed by atoms with van der Waals surface area (Å²) in [5.41, 5.74) is 1.05. The van der Waals surface area contributed by atoms with Crippen LogP contribution in [0, 0.1) is 11.8 Å². The van der Waals surface area contributed by atoms with Crippen molar-refractivity contribution < 1.29 is 61.8 Å². The highest BCUT2D eigenvalue weighted by atomic mass is 79.9. The van der Waals surface area contributed by atoms with E-state index in [9.17, 15) is 15.0 Å². The summed E-state index contributed by atoms with van der Waals surface area (Å²) in [5, 5.41) is 20.4. The Bertz CT molecular complexity index is 1750. The molecule has 8 rings (SSSR count). The lowest BCUT2D eigenvalue weighted by molar-refractivity contribution is -0.292. The van der Waals surface area contributed by atoms with E-state index in [4.69, 9.17) is 46.7 Å². The van der Waals surface area contributed by atoms with Crippen LogP contribution in [0.4, 0.5) is 0 Å². The Morgan fingerprint density at radius 1 is 0.882 bits per heavy atom. The van der Waals surface area contributed by atoms with Crippen molar-refractivity contribution in [3.8, 4) is 0 Å². The Kier molecular flexibility index (Phi) is 17.8. The fourth-order valence-electron chi connectivity index (χ4n) is 11.5. The zero-order valence-corrected chi connectivity index (χ0v) is 47.2. The molecule has 0 aliphatic carbocycles. The molecule has 13 nitrogen and oxygen atoms in total. The van der Waals surface area contributed by atoms with Crippen LogP contribution in [0.25, 0.3) is 0 Å². The summed E-state index contributed by atoms with van der Waals surface area (Å²) in [5.74, 6) is -0.797. The fourth-order valence-corrected chi connectivity index (χ4v) is 14.3. The molecule has 0 aromatic heterocycles. The first kappa shape index (κ1) is 55.3. The van der Waals surface area contributed by atoms with Crippen molar-refractivity contribution in [2.75, 3.05) is 20.3 Å². The Morgan fingerprint density at radius 3 is 2.22 bits per heavy atom. The molecule has 8 saturated heterocycles. The van der Waals surface area contributed by atoms with E-state index in [1.165, 1.54) is 0 Å². The number of carbonyl (C=O) groups is 1. The summed E-state index contributed by atoms with van der Waals surface area (Å²) in [6, 6.07) is 0.